The lowest BCUT2D eigenvalue weighted by Crippen LogP contribution is -2.25. The van der Waals surface area contributed by atoms with E-state index in [1.807, 2.05) is 6.07 Å². The molecule has 0 radical (unpaired) electrons. The number of carbonyl (C=O) groups is 3. The lowest BCUT2D eigenvalue weighted by molar-refractivity contribution is 0.0950. The van der Waals surface area contributed by atoms with Gasteiger partial charge in [-0.05, 0) is 66.2 Å². The van der Waals surface area contributed by atoms with Crippen LogP contribution in [0, 0.1) is 0 Å². The van der Waals surface area contributed by atoms with Crippen LogP contribution < -0.4 is 20.7 Å². The predicted octanol–water partition coefficient (Wildman–Crippen LogP) is 4.52. The number of para-hydroxylation sites is 1. The fourth-order valence-corrected chi connectivity index (χ4v) is 3.47. The number of pyridine rings is 1. The molecule has 1 heterocycles. The van der Waals surface area contributed by atoms with Gasteiger partial charge in [0.05, 0.1) is 18.4 Å². The first kappa shape index (κ1) is 24.2. The van der Waals surface area contributed by atoms with Crippen molar-refractivity contribution in [3.63, 3.8) is 0 Å². The fourth-order valence-electron chi connectivity index (χ4n) is 3.47. The molecule has 0 saturated carbocycles. The minimum atomic E-state index is -0.341. The number of nitrogens with zero attached hydrogens (tertiary/aromatic N) is 1. The van der Waals surface area contributed by atoms with Crippen molar-refractivity contribution in [3.05, 3.63) is 120 Å². The van der Waals surface area contributed by atoms with Gasteiger partial charge in [-0.3, -0.25) is 19.4 Å². The zero-order valence-electron chi connectivity index (χ0n) is 19.5. The van der Waals surface area contributed by atoms with E-state index in [-0.39, 0.29) is 24.3 Å². The van der Waals surface area contributed by atoms with Gasteiger partial charge in [-0.1, -0.05) is 24.3 Å². The maximum absolute atomic E-state index is 12.9. The lowest BCUT2D eigenvalue weighted by Gasteiger charge is -2.12. The minimum Gasteiger partial charge on any atom is -0.497 e. The van der Waals surface area contributed by atoms with Crippen LogP contribution in [-0.4, -0.2) is 29.8 Å². The molecule has 3 N–H and O–H groups in total. The highest BCUT2D eigenvalue weighted by Gasteiger charge is 2.14. The summed E-state index contributed by atoms with van der Waals surface area (Å²) in [6, 6.07) is 23.9. The van der Waals surface area contributed by atoms with Crippen molar-refractivity contribution in [2.45, 2.75) is 6.54 Å². The summed E-state index contributed by atoms with van der Waals surface area (Å²) < 4.78 is 5.12. The van der Waals surface area contributed by atoms with Crippen LogP contribution in [0.15, 0.2) is 97.3 Å². The molecular weight excluding hydrogens is 456 g/mol. The van der Waals surface area contributed by atoms with Crippen LogP contribution in [0.5, 0.6) is 5.75 Å². The van der Waals surface area contributed by atoms with E-state index >= 15 is 0 Å². The number of nitrogens with one attached hydrogen (secondary N) is 3. The van der Waals surface area contributed by atoms with Gasteiger partial charge in [0.15, 0.2) is 0 Å². The Labute approximate surface area is 208 Å². The Bertz CT molecular complexity index is 1370. The van der Waals surface area contributed by atoms with Crippen LogP contribution in [-0.2, 0) is 6.54 Å². The van der Waals surface area contributed by atoms with E-state index in [1.54, 1.807) is 98.4 Å². The number of carbonyl (C=O) groups excluding carboxylic acids is 3. The molecule has 0 fully saturated rings. The van der Waals surface area contributed by atoms with Gasteiger partial charge in [0.2, 0.25) is 0 Å². The van der Waals surface area contributed by atoms with Gasteiger partial charge in [-0.25, -0.2) is 0 Å². The molecule has 3 amide bonds. The Hall–Kier alpha value is -4.98. The second kappa shape index (κ2) is 11.4. The van der Waals surface area contributed by atoms with Crippen molar-refractivity contribution < 1.29 is 19.1 Å². The van der Waals surface area contributed by atoms with Gasteiger partial charge in [-0.15, -0.1) is 0 Å². The van der Waals surface area contributed by atoms with Crippen LogP contribution in [0.4, 0.5) is 11.4 Å². The molecule has 0 aliphatic rings. The molecule has 0 spiro atoms. The molecule has 8 nitrogen and oxygen atoms in total. The van der Waals surface area contributed by atoms with E-state index in [0.29, 0.717) is 33.8 Å². The summed E-state index contributed by atoms with van der Waals surface area (Å²) in [5.41, 5.74) is 3.08. The number of ether oxygens (including phenoxy) is 1. The van der Waals surface area contributed by atoms with Crippen LogP contribution >= 0.6 is 0 Å². The molecule has 4 aromatic rings. The summed E-state index contributed by atoms with van der Waals surface area (Å²) in [4.78, 5) is 41.9. The molecule has 0 aliphatic heterocycles. The molecule has 0 bridgehead atoms. The first-order chi connectivity index (χ1) is 17.5. The minimum absolute atomic E-state index is 0.235. The Morgan fingerprint density at radius 3 is 2.19 bits per heavy atom. The van der Waals surface area contributed by atoms with Crippen LogP contribution in [0.1, 0.15) is 36.6 Å². The van der Waals surface area contributed by atoms with Gasteiger partial charge in [0.25, 0.3) is 17.7 Å². The highest BCUT2D eigenvalue weighted by atomic mass is 16.5. The summed E-state index contributed by atoms with van der Waals surface area (Å²) in [7, 11) is 1.55. The fraction of sp³-hybridized carbons (Fsp3) is 0.0714. The van der Waals surface area contributed by atoms with Gasteiger partial charge in [-0.2, -0.15) is 0 Å². The zero-order chi connectivity index (χ0) is 25.3. The molecule has 3 aromatic carbocycles. The van der Waals surface area contributed by atoms with E-state index in [0.717, 1.165) is 5.56 Å². The predicted molar refractivity (Wildman–Crippen MR) is 137 cm³/mol. The molecule has 4 rings (SSSR count). The number of methoxy groups -OCH3 is 1. The first-order valence-electron chi connectivity index (χ1n) is 11.2. The lowest BCUT2D eigenvalue weighted by atomic mass is 10.1. The quantitative estimate of drug-likeness (QED) is 0.343. The van der Waals surface area contributed by atoms with Crippen molar-refractivity contribution >= 4 is 29.1 Å². The smallest absolute Gasteiger partial charge is 0.255 e. The number of anilines is 2. The number of hydrogen-bond donors (Lipinski definition) is 3. The average Bonchev–Trinajstić information content (AvgIpc) is 2.92. The zero-order valence-corrected chi connectivity index (χ0v) is 19.5. The molecule has 0 atom stereocenters. The van der Waals surface area contributed by atoms with Crippen molar-refractivity contribution in [3.8, 4) is 5.75 Å². The monoisotopic (exact) mass is 480 g/mol. The van der Waals surface area contributed by atoms with Crippen molar-refractivity contribution in [2.24, 2.45) is 0 Å². The van der Waals surface area contributed by atoms with Gasteiger partial charge < -0.3 is 20.7 Å². The SMILES string of the molecule is COc1ccc(C(=O)Nc2ccccc2C(=O)NCc2cccc(NC(=O)c3ccncc3)c2)cc1. The van der Waals surface area contributed by atoms with Crippen molar-refractivity contribution in [1.29, 1.82) is 0 Å². The van der Waals surface area contributed by atoms with Crippen LogP contribution in [0.25, 0.3) is 0 Å². The number of rotatable bonds is 8. The third-order valence-corrected chi connectivity index (χ3v) is 5.35. The topological polar surface area (TPSA) is 109 Å². The second-order valence-corrected chi connectivity index (χ2v) is 7.80. The first-order valence-corrected chi connectivity index (χ1v) is 11.2. The summed E-state index contributed by atoms with van der Waals surface area (Å²) in [6.07, 6.45) is 3.11. The van der Waals surface area contributed by atoms with Gasteiger partial charge >= 0.3 is 0 Å². The van der Waals surface area contributed by atoms with E-state index < -0.39 is 0 Å². The van der Waals surface area contributed by atoms with E-state index in [1.165, 1.54) is 0 Å². The molecule has 0 aliphatic carbocycles. The summed E-state index contributed by atoms with van der Waals surface area (Å²) >= 11 is 0. The van der Waals surface area contributed by atoms with Gasteiger partial charge in [0.1, 0.15) is 5.75 Å². The van der Waals surface area contributed by atoms with Crippen molar-refractivity contribution in [1.82, 2.24) is 10.3 Å². The number of hydrogen-bond acceptors (Lipinski definition) is 5. The van der Waals surface area contributed by atoms with E-state index in [9.17, 15) is 14.4 Å². The summed E-state index contributed by atoms with van der Waals surface area (Å²) in [5, 5.41) is 8.50. The van der Waals surface area contributed by atoms with E-state index in [4.69, 9.17) is 4.74 Å². The van der Waals surface area contributed by atoms with Gasteiger partial charge in [0, 0.05) is 35.8 Å². The average molecular weight is 481 g/mol. The number of amides is 3. The maximum Gasteiger partial charge on any atom is 0.255 e. The second-order valence-electron chi connectivity index (χ2n) is 7.80. The van der Waals surface area contributed by atoms with Crippen molar-refractivity contribution in [2.75, 3.05) is 17.7 Å². The number of benzene rings is 3. The normalized spacial score (nSPS) is 10.2. The highest BCUT2D eigenvalue weighted by molar-refractivity contribution is 6.09. The third-order valence-electron chi connectivity index (χ3n) is 5.35. The Balaban J connectivity index is 1.39. The summed E-state index contributed by atoms with van der Waals surface area (Å²) in [6.45, 7) is 0.235. The Morgan fingerprint density at radius 1 is 0.750 bits per heavy atom. The Morgan fingerprint density at radius 2 is 1.44 bits per heavy atom. The largest absolute Gasteiger partial charge is 0.497 e. The van der Waals surface area contributed by atoms with E-state index in [2.05, 4.69) is 20.9 Å². The maximum atomic E-state index is 12.9. The molecular formula is C28H24N4O4. The molecule has 0 unspecified atom stereocenters. The Kier molecular flexibility index (Phi) is 7.67. The molecule has 8 heteroatoms. The standard InChI is InChI=1S/C28H24N4O4/c1-36-23-11-9-20(10-12-23)27(34)32-25-8-3-2-7-24(25)28(35)30-18-19-5-4-6-22(17-19)31-26(33)21-13-15-29-16-14-21/h2-17H,18H2,1H3,(H,30,35)(H,31,33)(H,32,34). The van der Waals surface area contributed by atoms with Crippen LogP contribution in [0.2, 0.25) is 0 Å². The molecule has 1 aromatic heterocycles. The molecule has 180 valence electrons. The molecule has 0 saturated heterocycles. The third kappa shape index (κ3) is 6.12. The number of aromatic nitrogens is 1. The summed E-state index contributed by atoms with van der Waals surface area (Å²) in [5.74, 6) is -0.283. The molecule has 36 heavy (non-hydrogen) atoms. The highest BCUT2D eigenvalue weighted by Crippen LogP contribution is 2.18. The van der Waals surface area contributed by atoms with Crippen LogP contribution in [0.3, 0.4) is 0 Å².